The maximum absolute atomic E-state index is 11.0. The van der Waals surface area contributed by atoms with Crippen LogP contribution in [0.4, 0.5) is 5.69 Å². The monoisotopic (exact) mass is 232 g/mol. The van der Waals surface area contributed by atoms with Gasteiger partial charge >= 0.3 is 5.97 Å². The molecule has 0 aromatic heterocycles. The van der Waals surface area contributed by atoms with Crippen LogP contribution in [0.2, 0.25) is 0 Å². The summed E-state index contributed by atoms with van der Waals surface area (Å²) in [6.07, 6.45) is 2.05. The number of hydrogen-bond donors (Lipinski definition) is 1. The van der Waals surface area contributed by atoms with Gasteiger partial charge in [-0.2, -0.15) is 0 Å². The fourth-order valence-electron chi connectivity index (χ4n) is 2.03. The Morgan fingerprint density at radius 1 is 1.41 bits per heavy atom. The highest BCUT2D eigenvalue weighted by Gasteiger charge is 2.14. The summed E-state index contributed by atoms with van der Waals surface area (Å²) >= 11 is 0. The molecule has 0 bridgehead atoms. The first-order chi connectivity index (χ1) is 8.08. The summed E-state index contributed by atoms with van der Waals surface area (Å²) in [6, 6.07) is 5.35. The predicted octanol–water partition coefficient (Wildman–Crippen LogP) is 2.32. The van der Waals surface area contributed by atoms with Crippen LogP contribution in [0.5, 0.6) is 0 Å². The minimum Gasteiger partial charge on any atom is -0.478 e. The number of nitrogens with zero attached hydrogens (tertiary/aromatic N) is 2. The molecule has 0 unspecified atom stereocenters. The lowest BCUT2D eigenvalue weighted by molar-refractivity contribution is 0.0697. The van der Waals surface area contributed by atoms with E-state index in [1.54, 1.807) is 12.1 Å². The first-order valence-electron chi connectivity index (χ1n) is 5.70. The molecule has 1 aliphatic rings. The molecule has 0 saturated carbocycles. The highest BCUT2D eigenvalue weighted by atomic mass is 16.4. The summed E-state index contributed by atoms with van der Waals surface area (Å²) < 4.78 is 0. The van der Waals surface area contributed by atoms with E-state index < -0.39 is 5.97 Å². The summed E-state index contributed by atoms with van der Waals surface area (Å²) in [7, 11) is 1.94. The van der Waals surface area contributed by atoms with E-state index in [1.807, 2.05) is 24.9 Å². The van der Waals surface area contributed by atoms with Crippen molar-refractivity contribution in [2.75, 3.05) is 18.5 Å². The lowest BCUT2D eigenvalue weighted by atomic mass is 10.1. The molecule has 0 fully saturated rings. The third-order valence-corrected chi connectivity index (χ3v) is 2.94. The van der Waals surface area contributed by atoms with E-state index in [2.05, 4.69) is 4.99 Å². The Labute approximate surface area is 101 Å². The molecule has 4 nitrogen and oxygen atoms in total. The molecule has 90 valence electrons. The molecule has 1 aromatic carbocycles. The SMILES string of the molecule is Cc1cc(C(=O)O)cc(N(C)C2=NCCC2)c1. The Morgan fingerprint density at radius 3 is 2.76 bits per heavy atom. The number of carboxylic acids is 1. The fourth-order valence-corrected chi connectivity index (χ4v) is 2.03. The van der Waals surface area contributed by atoms with Crippen LogP contribution in [0.15, 0.2) is 23.2 Å². The second-order valence-corrected chi connectivity index (χ2v) is 4.32. The van der Waals surface area contributed by atoms with Crippen molar-refractivity contribution < 1.29 is 9.90 Å². The van der Waals surface area contributed by atoms with Crippen molar-refractivity contribution in [2.45, 2.75) is 19.8 Å². The van der Waals surface area contributed by atoms with E-state index in [-0.39, 0.29) is 0 Å². The number of aliphatic imine (C=N–C) groups is 1. The average molecular weight is 232 g/mol. The van der Waals surface area contributed by atoms with Crippen molar-refractivity contribution in [1.29, 1.82) is 0 Å². The lowest BCUT2D eigenvalue weighted by Gasteiger charge is -2.20. The quantitative estimate of drug-likeness (QED) is 0.851. The second-order valence-electron chi connectivity index (χ2n) is 4.32. The Kier molecular flexibility index (Phi) is 3.13. The highest BCUT2D eigenvalue weighted by Crippen LogP contribution is 2.21. The molecule has 0 radical (unpaired) electrons. The molecule has 4 heteroatoms. The number of carboxylic acid groups (broad SMARTS) is 1. The molecule has 0 saturated heterocycles. The Bertz CT molecular complexity index is 480. The van der Waals surface area contributed by atoms with Gasteiger partial charge in [0.25, 0.3) is 0 Å². The van der Waals surface area contributed by atoms with Crippen LogP contribution in [0.3, 0.4) is 0 Å². The zero-order valence-electron chi connectivity index (χ0n) is 10.1. The molecule has 17 heavy (non-hydrogen) atoms. The zero-order chi connectivity index (χ0) is 12.4. The molecule has 1 heterocycles. The third kappa shape index (κ3) is 2.46. The van der Waals surface area contributed by atoms with Gasteiger partial charge in [0.15, 0.2) is 0 Å². The van der Waals surface area contributed by atoms with Gasteiger partial charge in [-0.05, 0) is 37.1 Å². The molecular weight excluding hydrogens is 216 g/mol. The molecular formula is C13H16N2O2. The van der Waals surface area contributed by atoms with Gasteiger partial charge in [-0.15, -0.1) is 0 Å². The van der Waals surface area contributed by atoms with Crippen molar-refractivity contribution in [2.24, 2.45) is 4.99 Å². The number of anilines is 1. The Balaban J connectivity index is 2.34. The number of hydrogen-bond acceptors (Lipinski definition) is 3. The summed E-state index contributed by atoms with van der Waals surface area (Å²) in [5.41, 5.74) is 2.17. The number of aryl methyl sites for hydroxylation is 1. The van der Waals surface area contributed by atoms with E-state index in [4.69, 9.17) is 5.11 Å². The summed E-state index contributed by atoms with van der Waals surface area (Å²) in [4.78, 5) is 17.4. The molecule has 0 aliphatic carbocycles. The maximum atomic E-state index is 11.0. The standard InChI is InChI=1S/C13H16N2O2/c1-9-6-10(13(16)17)8-11(7-9)15(2)12-4-3-5-14-12/h6-8H,3-5H2,1-2H3,(H,16,17). The van der Waals surface area contributed by atoms with Crippen LogP contribution in [-0.2, 0) is 0 Å². The van der Waals surface area contributed by atoms with E-state index in [0.29, 0.717) is 5.56 Å². The van der Waals surface area contributed by atoms with Crippen molar-refractivity contribution in [1.82, 2.24) is 0 Å². The smallest absolute Gasteiger partial charge is 0.335 e. The van der Waals surface area contributed by atoms with Crippen LogP contribution in [0.1, 0.15) is 28.8 Å². The van der Waals surface area contributed by atoms with E-state index in [1.165, 1.54) is 0 Å². The predicted molar refractivity (Wildman–Crippen MR) is 68.1 cm³/mol. The van der Waals surface area contributed by atoms with E-state index >= 15 is 0 Å². The van der Waals surface area contributed by atoms with Gasteiger partial charge in [0.2, 0.25) is 0 Å². The topological polar surface area (TPSA) is 52.9 Å². The number of benzene rings is 1. The number of amidine groups is 1. The van der Waals surface area contributed by atoms with E-state index in [0.717, 1.165) is 36.5 Å². The van der Waals surface area contributed by atoms with Crippen LogP contribution >= 0.6 is 0 Å². The van der Waals surface area contributed by atoms with Gasteiger partial charge in [-0.3, -0.25) is 4.99 Å². The highest BCUT2D eigenvalue weighted by molar-refractivity contribution is 5.99. The average Bonchev–Trinajstić information content (AvgIpc) is 2.80. The van der Waals surface area contributed by atoms with Gasteiger partial charge in [0.1, 0.15) is 5.84 Å². The van der Waals surface area contributed by atoms with Crippen LogP contribution in [0.25, 0.3) is 0 Å². The van der Waals surface area contributed by atoms with Gasteiger partial charge in [-0.1, -0.05) is 0 Å². The number of carbonyl (C=O) groups is 1. The maximum Gasteiger partial charge on any atom is 0.335 e. The van der Waals surface area contributed by atoms with Crippen molar-refractivity contribution in [3.8, 4) is 0 Å². The van der Waals surface area contributed by atoms with Gasteiger partial charge in [-0.25, -0.2) is 4.79 Å². The summed E-state index contributed by atoms with van der Waals surface area (Å²) in [6.45, 7) is 2.78. The Morgan fingerprint density at radius 2 is 2.18 bits per heavy atom. The van der Waals surface area contributed by atoms with Crippen LogP contribution in [0, 0.1) is 6.92 Å². The summed E-state index contributed by atoms with van der Waals surface area (Å²) in [5, 5.41) is 9.03. The fraction of sp³-hybridized carbons (Fsp3) is 0.385. The molecule has 0 atom stereocenters. The minimum absolute atomic E-state index is 0.324. The molecule has 1 aliphatic heterocycles. The molecule has 0 amide bonds. The first-order valence-corrected chi connectivity index (χ1v) is 5.70. The lowest BCUT2D eigenvalue weighted by Crippen LogP contribution is -2.24. The third-order valence-electron chi connectivity index (χ3n) is 2.94. The normalized spacial score (nSPS) is 14.6. The Hall–Kier alpha value is -1.84. The largest absolute Gasteiger partial charge is 0.478 e. The van der Waals surface area contributed by atoms with Crippen molar-refractivity contribution >= 4 is 17.5 Å². The molecule has 1 N–H and O–H groups in total. The minimum atomic E-state index is -0.892. The van der Waals surface area contributed by atoms with Gasteiger partial charge in [0.05, 0.1) is 5.56 Å². The summed E-state index contributed by atoms with van der Waals surface area (Å²) in [5.74, 6) is 0.142. The van der Waals surface area contributed by atoms with Gasteiger partial charge < -0.3 is 10.0 Å². The van der Waals surface area contributed by atoms with Crippen LogP contribution in [-0.4, -0.2) is 30.5 Å². The van der Waals surface area contributed by atoms with Crippen molar-refractivity contribution in [3.05, 3.63) is 29.3 Å². The zero-order valence-corrected chi connectivity index (χ0v) is 10.1. The molecule has 2 rings (SSSR count). The van der Waals surface area contributed by atoms with Crippen molar-refractivity contribution in [3.63, 3.8) is 0 Å². The second kappa shape index (κ2) is 4.57. The number of rotatable bonds is 2. The van der Waals surface area contributed by atoms with E-state index in [9.17, 15) is 4.79 Å². The number of aromatic carboxylic acids is 1. The first kappa shape index (κ1) is 11.6. The molecule has 1 aromatic rings. The van der Waals surface area contributed by atoms with Crippen LogP contribution < -0.4 is 4.90 Å². The van der Waals surface area contributed by atoms with Gasteiger partial charge in [0, 0.05) is 25.7 Å². The molecule has 0 spiro atoms.